The predicted octanol–water partition coefficient (Wildman–Crippen LogP) is 4.12. The van der Waals surface area contributed by atoms with E-state index in [4.69, 9.17) is 9.47 Å². The van der Waals surface area contributed by atoms with Crippen molar-refractivity contribution in [1.82, 2.24) is 4.90 Å². The molecule has 1 aliphatic heterocycles. The number of hydrogen-bond acceptors (Lipinski definition) is 4. The highest BCUT2D eigenvalue weighted by Gasteiger charge is 2.24. The largest absolute Gasteiger partial charge is 0.497 e. The van der Waals surface area contributed by atoms with Crippen LogP contribution in [0.1, 0.15) is 42.5 Å². The van der Waals surface area contributed by atoms with Crippen LogP contribution in [0.2, 0.25) is 0 Å². The molecule has 5 heteroatoms. The highest BCUT2D eigenvalue weighted by molar-refractivity contribution is 5.96. The number of nitrogens with zero attached hydrogens (tertiary/aromatic N) is 1. The first-order valence-electron chi connectivity index (χ1n) is 9.82. The Labute approximate surface area is 166 Å². The molecule has 0 aromatic heterocycles. The van der Waals surface area contributed by atoms with Crippen molar-refractivity contribution in [2.45, 2.75) is 38.2 Å². The van der Waals surface area contributed by atoms with Gasteiger partial charge in [0.2, 0.25) is 5.91 Å². The minimum atomic E-state index is 0.0287. The van der Waals surface area contributed by atoms with Crippen LogP contribution >= 0.6 is 0 Å². The van der Waals surface area contributed by atoms with E-state index < -0.39 is 0 Å². The van der Waals surface area contributed by atoms with Gasteiger partial charge in [0.25, 0.3) is 0 Å². The third kappa shape index (κ3) is 5.59. The molecule has 0 aliphatic carbocycles. The molecular formula is C23H27NO4. The van der Waals surface area contributed by atoms with Gasteiger partial charge in [0.1, 0.15) is 17.6 Å². The van der Waals surface area contributed by atoms with Gasteiger partial charge in [0, 0.05) is 24.9 Å². The van der Waals surface area contributed by atoms with Gasteiger partial charge in [-0.15, -0.1) is 0 Å². The number of carbonyl (C=O) groups excluding carboxylic acids is 2. The number of rotatable bonds is 8. The number of hydrogen-bond donors (Lipinski definition) is 0. The van der Waals surface area contributed by atoms with Gasteiger partial charge < -0.3 is 14.4 Å². The van der Waals surface area contributed by atoms with Crippen molar-refractivity contribution in [1.29, 1.82) is 0 Å². The number of Topliss-reactive ketones (excluding diaryl/α,β-unsaturated/α-hetero) is 1. The van der Waals surface area contributed by atoms with Crippen LogP contribution in [-0.4, -0.2) is 42.9 Å². The van der Waals surface area contributed by atoms with Gasteiger partial charge in [0.15, 0.2) is 5.78 Å². The maximum Gasteiger partial charge on any atom is 0.222 e. The lowest BCUT2D eigenvalue weighted by molar-refractivity contribution is -0.133. The molecule has 0 spiro atoms. The van der Waals surface area contributed by atoms with Crippen LogP contribution in [0.25, 0.3) is 0 Å². The van der Waals surface area contributed by atoms with E-state index in [1.807, 2.05) is 35.2 Å². The van der Waals surface area contributed by atoms with Gasteiger partial charge in [-0.05, 0) is 55.7 Å². The average molecular weight is 381 g/mol. The van der Waals surface area contributed by atoms with E-state index in [9.17, 15) is 9.59 Å². The Morgan fingerprint density at radius 1 is 1.00 bits per heavy atom. The molecule has 3 rings (SSSR count). The fraction of sp³-hybridized carbons (Fsp3) is 0.391. The monoisotopic (exact) mass is 381 g/mol. The normalized spacial score (nSPS) is 16.5. The second-order valence-corrected chi connectivity index (χ2v) is 7.04. The number of carbonyl (C=O) groups is 2. The Hall–Kier alpha value is -2.82. The van der Waals surface area contributed by atoms with Crippen LogP contribution in [0.5, 0.6) is 11.5 Å². The van der Waals surface area contributed by atoms with Crippen molar-refractivity contribution in [3.05, 3.63) is 60.2 Å². The molecule has 1 saturated heterocycles. The lowest BCUT2D eigenvalue weighted by atomic mass is 10.0. The summed E-state index contributed by atoms with van der Waals surface area (Å²) in [4.78, 5) is 26.7. The molecule has 5 nitrogen and oxygen atoms in total. The van der Waals surface area contributed by atoms with E-state index in [2.05, 4.69) is 0 Å². The van der Waals surface area contributed by atoms with Crippen LogP contribution in [0.3, 0.4) is 0 Å². The minimum Gasteiger partial charge on any atom is -0.497 e. The summed E-state index contributed by atoms with van der Waals surface area (Å²) < 4.78 is 11.1. The first-order chi connectivity index (χ1) is 13.7. The maximum atomic E-state index is 12.5. The molecule has 28 heavy (non-hydrogen) atoms. The Kier molecular flexibility index (Phi) is 7.06. The van der Waals surface area contributed by atoms with Gasteiger partial charge in [-0.25, -0.2) is 0 Å². The Morgan fingerprint density at radius 2 is 1.75 bits per heavy atom. The second kappa shape index (κ2) is 9.93. The zero-order chi connectivity index (χ0) is 19.8. The topological polar surface area (TPSA) is 55.8 Å². The highest BCUT2D eigenvalue weighted by atomic mass is 16.5. The summed E-state index contributed by atoms with van der Waals surface area (Å²) in [5, 5.41) is 0. The van der Waals surface area contributed by atoms with Crippen molar-refractivity contribution in [2.24, 2.45) is 0 Å². The zero-order valence-corrected chi connectivity index (χ0v) is 16.3. The minimum absolute atomic E-state index is 0.0287. The van der Waals surface area contributed by atoms with Gasteiger partial charge in [-0.2, -0.15) is 0 Å². The number of likely N-dealkylation sites (tertiary alicyclic amines) is 1. The zero-order valence-electron chi connectivity index (χ0n) is 16.3. The summed E-state index contributed by atoms with van der Waals surface area (Å²) in [6, 6.07) is 16.8. The molecule has 1 unspecified atom stereocenters. The molecular weight excluding hydrogens is 354 g/mol. The number of benzene rings is 2. The van der Waals surface area contributed by atoms with Crippen LogP contribution in [-0.2, 0) is 4.79 Å². The van der Waals surface area contributed by atoms with Crippen LogP contribution in [0, 0.1) is 0 Å². The van der Waals surface area contributed by atoms with E-state index in [0.717, 1.165) is 30.9 Å². The Balaban J connectivity index is 1.43. The van der Waals surface area contributed by atoms with E-state index in [0.29, 0.717) is 31.4 Å². The van der Waals surface area contributed by atoms with Gasteiger partial charge in [-0.1, -0.05) is 18.2 Å². The molecule has 2 aromatic carbocycles. The molecule has 0 bridgehead atoms. The van der Waals surface area contributed by atoms with Crippen molar-refractivity contribution in [3.63, 3.8) is 0 Å². The SMILES string of the molecule is COc1ccc(C(=O)CCCC(=O)N2CCCC(Oc3ccccc3)C2)cc1. The maximum absolute atomic E-state index is 12.5. The van der Waals surface area contributed by atoms with Crippen LogP contribution < -0.4 is 9.47 Å². The predicted molar refractivity (Wildman–Crippen MR) is 108 cm³/mol. The van der Waals surface area contributed by atoms with Crippen molar-refractivity contribution < 1.29 is 19.1 Å². The third-order valence-corrected chi connectivity index (χ3v) is 4.98. The Bertz CT molecular complexity index is 773. The second-order valence-electron chi connectivity index (χ2n) is 7.04. The highest BCUT2D eigenvalue weighted by Crippen LogP contribution is 2.19. The van der Waals surface area contributed by atoms with Gasteiger partial charge >= 0.3 is 0 Å². The quantitative estimate of drug-likeness (QED) is 0.646. The van der Waals surface area contributed by atoms with Crippen molar-refractivity contribution in [3.8, 4) is 11.5 Å². The molecule has 148 valence electrons. The van der Waals surface area contributed by atoms with E-state index in [-0.39, 0.29) is 17.8 Å². The van der Waals surface area contributed by atoms with Crippen LogP contribution in [0.15, 0.2) is 54.6 Å². The molecule has 1 atom stereocenters. The molecule has 2 aromatic rings. The number of ketones is 1. The molecule has 0 saturated carbocycles. The van der Waals surface area contributed by atoms with Crippen LogP contribution in [0.4, 0.5) is 0 Å². The standard InChI is InChI=1S/C23H27NO4/c1-27-19-14-12-18(13-15-19)22(25)10-5-11-23(26)24-16-6-9-21(17-24)28-20-7-3-2-4-8-20/h2-4,7-8,12-15,21H,5-6,9-11,16-17H2,1H3. The van der Waals surface area contributed by atoms with Crippen molar-refractivity contribution >= 4 is 11.7 Å². The number of ether oxygens (including phenoxy) is 2. The summed E-state index contributed by atoms with van der Waals surface area (Å²) in [5.74, 6) is 1.72. The van der Waals surface area contributed by atoms with Gasteiger partial charge in [0.05, 0.1) is 13.7 Å². The summed E-state index contributed by atoms with van der Waals surface area (Å²) in [5.41, 5.74) is 0.655. The number of para-hydroxylation sites is 1. The average Bonchev–Trinajstić information content (AvgIpc) is 2.74. The first-order valence-corrected chi connectivity index (χ1v) is 9.82. The summed E-state index contributed by atoms with van der Waals surface area (Å²) in [6.07, 6.45) is 3.24. The van der Waals surface area contributed by atoms with E-state index >= 15 is 0 Å². The number of amides is 1. The lowest BCUT2D eigenvalue weighted by Crippen LogP contribution is -2.44. The number of piperidine rings is 1. The summed E-state index contributed by atoms with van der Waals surface area (Å²) in [7, 11) is 1.60. The lowest BCUT2D eigenvalue weighted by Gasteiger charge is -2.33. The fourth-order valence-corrected chi connectivity index (χ4v) is 3.43. The number of methoxy groups -OCH3 is 1. The van der Waals surface area contributed by atoms with E-state index in [1.54, 1.807) is 31.4 Å². The first kappa shape index (κ1) is 19.9. The molecule has 1 heterocycles. The third-order valence-electron chi connectivity index (χ3n) is 4.98. The van der Waals surface area contributed by atoms with Crippen molar-refractivity contribution in [2.75, 3.05) is 20.2 Å². The summed E-state index contributed by atoms with van der Waals surface area (Å²) in [6.45, 7) is 1.38. The van der Waals surface area contributed by atoms with E-state index in [1.165, 1.54) is 0 Å². The molecule has 0 radical (unpaired) electrons. The summed E-state index contributed by atoms with van der Waals surface area (Å²) >= 11 is 0. The fourth-order valence-electron chi connectivity index (χ4n) is 3.43. The molecule has 1 aliphatic rings. The molecule has 1 fully saturated rings. The Morgan fingerprint density at radius 3 is 2.46 bits per heavy atom. The molecule has 1 amide bonds. The smallest absolute Gasteiger partial charge is 0.222 e. The van der Waals surface area contributed by atoms with Gasteiger partial charge in [-0.3, -0.25) is 9.59 Å². The molecule has 0 N–H and O–H groups in total.